The van der Waals surface area contributed by atoms with E-state index in [4.69, 9.17) is 4.74 Å². The second-order valence-electron chi connectivity index (χ2n) is 7.64. The van der Waals surface area contributed by atoms with E-state index in [1.165, 1.54) is 6.07 Å². The molecule has 2 amide bonds. The molecule has 0 saturated carbocycles. The van der Waals surface area contributed by atoms with Gasteiger partial charge in [-0.15, -0.1) is 0 Å². The van der Waals surface area contributed by atoms with Crippen molar-refractivity contribution >= 4 is 17.5 Å². The fourth-order valence-corrected chi connectivity index (χ4v) is 3.72. The lowest BCUT2D eigenvalue weighted by atomic mass is 10.1. The van der Waals surface area contributed by atoms with Gasteiger partial charge in [0.05, 0.1) is 17.9 Å². The third-order valence-corrected chi connectivity index (χ3v) is 5.17. The van der Waals surface area contributed by atoms with Gasteiger partial charge in [0.1, 0.15) is 5.82 Å². The average Bonchev–Trinajstić information content (AvgIpc) is 2.66. The van der Waals surface area contributed by atoms with Gasteiger partial charge in [0.15, 0.2) is 0 Å². The summed E-state index contributed by atoms with van der Waals surface area (Å²) in [5.41, 5.74) is 1.28. The quantitative estimate of drug-likeness (QED) is 0.683. The first kappa shape index (κ1) is 23.1. The largest absolute Gasteiger partial charge is 0.372 e. The Morgan fingerprint density at radius 3 is 2.41 bits per heavy atom. The maximum atomic E-state index is 14.6. The first-order chi connectivity index (χ1) is 13.8. The molecular weight excluding hydrogens is 373 g/mol. The topological polar surface area (TPSA) is 61.9 Å². The molecule has 1 N–H and O–H groups in total. The Kier molecular flexibility index (Phi) is 8.89. The number of anilines is 1. The molecule has 1 aliphatic rings. The van der Waals surface area contributed by atoms with Crippen LogP contribution in [-0.4, -0.2) is 55.1 Å². The molecule has 1 fully saturated rings. The van der Waals surface area contributed by atoms with Gasteiger partial charge in [-0.1, -0.05) is 6.07 Å². The lowest BCUT2D eigenvalue weighted by Crippen LogP contribution is -2.45. The highest BCUT2D eigenvalue weighted by atomic mass is 19.1. The minimum Gasteiger partial charge on any atom is -0.372 e. The molecule has 1 aliphatic heterocycles. The lowest BCUT2D eigenvalue weighted by Gasteiger charge is -2.37. The third kappa shape index (κ3) is 6.99. The molecule has 6 nitrogen and oxygen atoms in total. The van der Waals surface area contributed by atoms with E-state index in [-0.39, 0.29) is 42.8 Å². The van der Waals surface area contributed by atoms with Crippen molar-refractivity contribution in [2.24, 2.45) is 0 Å². The zero-order valence-electron chi connectivity index (χ0n) is 18.0. The highest BCUT2D eigenvalue weighted by molar-refractivity contribution is 5.78. The van der Waals surface area contributed by atoms with Crippen molar-refractivity contribution < 1.29 is 18.7 Å². The van der Waals surface area contributed by atoms with E-state index in [2.05, 4.69) is 5.32 Å². The summed E-state index contributed by atoms with van der Waals surface area (Å²) in [4.78, 5) is 27.7. The van der Waals surface area contributed by atoms with E-state index in [1.807, 2.05) is 38.7 Å². The van der Waals surface area contributed by atoms with Crippen LogP contribution >= 0.6 is 0 Å². The number of halogens is 1. The van der Waals surface area contributed by atoms with Crippen molar-refractivity contribution in [2.45, 2.75) is 65.7 Å². The summed E-state index contributed by atoms with van der Waals surface area (Å²) in [6, 6.07) is 5.09. The number of carbonyl (C=O) groups excluding carboxylic acids is 2. The SMILES string of the molecule is CCN(CC)C(=O)CCCC(=O)NCc1ccc(N2CC(C)OC(C)C2)c(F)c1. The highest BCUT2D eigenvalue weighted by Crippen LogP contribution is 2.24. The molecule has 0 bridgehead atoms. The smallest absolute Gasteiger partial charge is 0.222 e. The number of nitrogens with zero attached hydrogens (tertiary/aromatic N) is 2. The minimum atomic E-state index is -0.289. The van der Waals surface area contributed by atoms with Crippen LogP contribution in [-0.2, 0) is 20.9 Å². The monoisotopic (exact) mass is 407 g/mol. The standard InChI is InChI=1S/C22H34FN3O3/c1-5-25(6-2)22(28)9-7-8-21(27)24-13-18-10-11-20(19(23)12-18)26-14-16(3)29-17(4)15-26/h10-12,16-17H,5-9,13-15H2,1-4H3,(H,24,27). The Bertz CT molecular complexity index is 684. The van der Waals surface area contributed by atoms with E-state index in [0.717, 1.165) is 0 Å². The van der Waals surface area contributed by atoms with Gasteiger partial charge < -0.3 is 19.9 Å². The summed E-state index contributed by atoms with van der Waals surface area (Å²) in [5.74, 6) is -0.340. The second kappa shape index (κ2) is 11.1. The number of nitrogens with one attached hydrogen (secondary N) is 1. The van der Waals surface area contributed by atoms with E-state index in [0.29, 0.717) is 50.3 Å². The van der Waals surface area contributed by atoms with Gasteiger partial charge in [-0.3, -0.25) is 9.59 Å². The van der Waals surface area contributed by atoms with Gasteiger partial charge in [-0.25, -0.2) is 4.39 Å². The molecule has 29 heavy (non-hydrogen) atoms. The lowest BCUT2D eigenvalue weighted by molar-refractivity contribution is -0.131. The van der Waals surface area contributed by atoms with Crippen LogP contribution in [0.2, 0.25) is 0 Å². The first-order valence-corrected chi connectivity index (χ1v) is 10.6. The first-order valence-electron chi connectivity index (χ1n) is 10.6. The Morgan fingerprint density at radius 2 is 1.83 bits per heavy atom. The summed E-state index contributed by atoms with van der Waals surface area (Å²) in [5, 5.41) is 2.81. The Balaban J connectivity index is 1.80. The van der Waals surface area contributed by atoms with Gasteiger partial charge in [-0.05, 0) is 51.8 Å². The number of hydrogen-bond acceptors (Lipinski definition) is 4. The number of carbonyl (C=O) groups is 2. The van der Waals surface area contributed by atoms with Crippen molar-refractivity contribution in [3.8, 4) is 0 Å². The van der Waals surface area contributed by atoms with Crippen molar-refractivity contribution in [1.82, 2.24) is 10.2 Å². The summed E-state index contributed by atoms with van der Waals surface area (Å²) >= 11 is 0. The fourth-order valence-electron chi connectivity index (χ4n) is 3.72. The summed E-state index contributed by atoms with van der Waals surface area (Å²) in [6.07, 6.45) is 1.30. The number of amides is 2. The minimum absolute atomic E-state index is 0.0609. The molecule has 2 atom stereocenters. The van der Waals surface area contributed by atoms with Crippen LogP contribution in [0.5, 0.6) is 0 Å². The molecule has 1 heterocycles. The summed E-state index contributed by atoms with van der Waals surface area (Å²) < 4.78 is 20.3. The molecule has 0 radical (unpaired) electrons. The molecular formula is C22H34FN3O3. The third-order valence-electron chi connectivity index (χ3n) is 5.17. The maximum absolute atomic E-state index is 14.6. The summed E-state index contributed by atoms with van der Waals surface area (Å²) in [7, 11) is 0. The predicted molar refractivity (Wildman–Crippen MR) is 112 cm³/mol. The predicted octanol–water partition coefficient (Wildman–Crippen LogP) is 3.09. The number of rotatable bonds is 9. The van der Waals surface area contributed by atoms with Crippen molar-refractivity contribution in [3.05, 3.63) is 29.6 Å². The van der Waals surface area contributed by atoms with E-state index in [1.54, 1.807) is 11.0 Å². The van der Waals surface area contributed by atoms with Gasteiger partial charge in [0, 0.05) is 45.6 Å². The Labute approximate surface area is 173 Å². The van der Waals surface area contributed by atoms with Crippen molar-refractivity contribution in [2.75, 3.05) is 31.1 Å². The van der Waals surface area contributed by atoms with Crippen molar-refractivity contribution in [1.29, 1.82) is 0 Å². The van der Waals surface area contributed by atoms with Crippen LogP contribution in [0, 0.1) is 5.82 Å². The maximum Gasteiger partial charge on any atom is 0.222 e. The molecule has 0 aromatic heterocycles. The molecule has 7 heteroatoms. The highest BCUT2D eigenvalue weighted by Gasteiger charge is 2.24. The number of ether oxygens (including phenoxy) is 1. The van der Waals surface area contributed by atoms with Crippen LogP contribution in [0.15, 0.2) is 18.2 Å². The molecule has 1 aromatic carbocycles. The molecule has 0 aliphatic carbocycles. The zero-order valence-corrected chi connectivity index (χ0v) is 18.0. The number of morpholine rings is 1. The van der Waals surface area contributed by atoms with Crippen LogP contribution in [0.25, 0.3) is 0 Å². The molecule has 162 valence electrons. The van der Waals surface area contributed by atoms with Crippen LogP contribution in [0.1, 0.15) is 52.5 Å². The molecule has 2 unspecified atom stereocenters. The molecule has 0 spiro atoms. The van der Waals surface area contributed by atoms with Gasteiger partial charge in [0.2, 0.25) is 11.8 Å². The van der Waals surface area contributed by atoms with Crippen LogP contribution in [0.4, 0.5) is 10.1 Å². The Morgan fingerprint density at radius 1 is 1.17 bits per heavy atom. The summed E-state index contributed by atoms with van der Waals surface area (Å²) in [6.45, 7) is 10.8. The van der Waals surface area contributed by atoms with Gasteiger partial charge in [0.25, 0.3) is 0 Å². The number of hydrogen-bond donors (Lipinski definition) is 1. The molecule has 1 saturated heterocycles. The van der Waals surface area contributed by atoms with E-state index >= 15 is 0 Å². The molecule has 2 rings (SSSR count). The fraction of sp³-hybridized carbons (Fsp3) is 0.636. The normalized spacial score (nSPS) is 19.1. The van der Waals surface area contributed by atoms with Crippen LogP contribution < -0.4 is 10.2 Å². The van der Waals surface area contributed by atoms with Crippen LogP contribution in [0.3, 0.4) is 0 Å². The zero-order chi connectivity index (χ0) is 21.4. The number of benzene rings is 1. The second-order valence-corrected chi connectivity index (χ2v) is 7.64. The van der Waals surface area contributed by atoms with E-state index < -0.39 is 0 Å². The van der Waals surface area contributed by atoms with Gasteiger partial charge in [-0.2, -0.15) is 0 Å². The van der Waals surface area contributed by atoms with Crippen molar-refractivity contribution in [3.63, 3.8) is 0 Å². The average molecular weight is 408 g/mol. The Hall–Kier alpha value is -2.15. The van der Waals surface area contributed by atoms with E-state index in [9.17, 15) is 14.0 Å². The van der Waals surface area contributed by atoms with Gasteiger partial charge >= 0.3 is 0 Å². The molecule has 1 aromatic rings.